The second kappa shape index (κ2) is 9.70. The largest absolute Gasteiger partial charge is 0.493 e. The minimum absolute atomic E-state index is 0.255. The Morgan fingerprint density at radius 2 is 2.29 bits per heavy atom. The number of nitrogens with one attached hydrogen (secondary N) is 1. The number of amidine groups is 1. The van der Waals surface area contributed by atoms with Gasteiger partial charge in [0.2, 0.25) is 5.91 Å². The number of carboxylic acid groups (broad SMARTS) is 1. The molecular formula is C18H19N5O4S. The number of aryl methyl sites for hydroxylation is 1. The van der Waals surface area contributed by atoms with Crippen LogP contribution in [-0.2, 0) is 16.1 Å². The molecule has 1 saturated heterocycles. The Morgan fingerprint density at radius 1 is 1.43 bits per heavy atom. The van der Waals surface area contributed by atoms with Crippen molar-refractivity contribution in [2.75, 3.05) is 6.61 Å². The van der Waals surface area contributed by atoms with Crippen LogP contribution >= 0.6 is 11.8 Å². The molecule has 1 aromatic carbocycles. The highest BCUT2D eigenvalue weighted by atomic mass is 32.2. The zero-order valence-electron chi connectivity index (χ0n) is 14.9. The first kappa shape index (κ1) is 19.6. The molecule has 1 aliphatic heterocycles. The summed E-state index contributed by atoms with van der Waals surface area (Å²) in [6.45, 7) is 1.36. The van der Waals surface area contributed by atoms with Gasteiger partial charge < -0.3 is 19.7 Å². The summed E-state index contributed by atoms with van der Waals surface area (Å²) in [5.74, 6) is -0.719. The fraction of sp³-hybridized carbons (Fsp3) is 0.278. The standard InChI is InChI=1S/C18H19N5O4S/c24-16(25)10-15-17(26)21-18(28-15)22-20-11-13-4-1-2-5-14(13)27-9-3-7-23-8-6-19-12-23/h1-2,4-6,8,11-12,15H,3,7,9-10H2,(H,24,25)(H,21,22,26). The Labute approximate surface area is 165 Å². The van der Waals surface area contributed by atoms with Crippen molar-refractivity contribution in [1.29, 1.82) is 0 Å². The van der Waals surface area contributed by atoms with Crippen molar-refractivity contribution < 1.29 is 19.4 Å². The predicted molar refractivity (Wildman–Crippen MR) is 106 cm³/mol. The van der Waals surface area contributed by atoms with Gasteiger partial charge in [0.15, 0.2) is 5.17 Å². The lowest BCUT2D eigenvalue weighted by molar-refractivity contribution is -0.138. The molecule has 2 N–H and O–H groups in total. The van der Waals surface area contributed by atoms with Crippen LogP contribution in [0.15, 0.2) is 53.2 Å². The fourth-order valence-electron chi connectivity index (χ4n) is 2.46. The molecule has 1 aromatic heterocycles. The number of para-hydroxylation sites is 1. The number of hydrogen-bond acceptors (Lipinski definition) is 7. The van der Waals surface area contributed by atoms with Gasteiger partial charge in [-0.25, -0.2) is 4.98 Å². The average molecular weight is 401 g/mol. The lowest BCUT2D eigenvalue weighted by atomic mass is 10.2. The van der Waals surface area contributed by atoms with Crippen LogP contribution in [0, 0.1) is 0 Å². The molecule has 0 saturated carbocycles. The molecule has 2 aromatic rings. The molecule has 0 spiro atoms. The number of amides is 1. The van der Waals surface area contributed by atoms with E-state index in [4.69, 9.17) is 9.84 Å². The maximum atomic E-state index is 11.7. The van der Waals surface area contributed by atoms with Gasteiger partial charge >= 0.3 is 5.97 Å². The van der Waals surface area contributed by atoms with Crippen LogP contribution in [-0.4, -0.2) is 49.8 Å². The Hall–Kier alpha value is -3.14. The number of carboxylic acids is 1. The maximum Gasteiger partial charge on any atom is 0.305 e. The molecule has 28 heavy (non-hydrogen) atoms. The summed E-state index contributed by atoms with van der Waals surface area (Å²) >= 11 is 1.06. The first-order valence-electron chi connectivity index (χ1n) is 8.60. The number of benzene rings is 1. The van der Waals surface area contributed by atoms with Crippen LogP contribution < -0.4 is 10.1 Å². The number of thioether (sulfide) groups is 1. The van der Waals surface area contributed by atoms with Crippen molar-refractivity contribution in [2.24, 2.45) is 10.2 Å². The monoisotopic (exact) mass is 401 g/mol. The maximum absolute atomic E-state index is 11.7. The highest BCUT2D eigenvalue weighted by Crippen LogP contribution is 2.22. The van der Waals surface area contributed by atoms with E-state index >= 15 is 0 Å². The third-order valence-corrected chi connectivity index (χ3v) is 4.85. The van der Waals surface area contributed by atoms with Crippen LogP contribution in [0.1, 0.15) is 18.4 Å². The Bertz CT molecular complexity index is 882. The Kier molecular flexibility index (Phi) is 6.79. The highest BCUT2D eigenvalue weighted by molar-refractivity contribution is 8.15. The van der Waals surface area contributed by atoms with Gasteiger partial charge in [-0.1, -0.05) is 23.9 Å². The van der Waals surface area contributed by atoms with Gasteiger partial charge in [0.05, 0.1) is 25.6 Å². The summed E-state index contributed by atoms with van der Waals surface area (Å²) in [7, 11) is 0. The lowest BCUT2D eigenvalue weighted by Crippen LogP contribution is -2.26. The van der Waals surface area contributed by atoms with Gasteiger partial charge in [-0.2, -0.15) is 5.10 Å². The number of imidazole rings is 1. The molecule has 1 aliphatic rings. The van der Waals surface area contributed by atoms with E-state index in [1.807, 2.05) is 35.0 Å². The molecule has 146 valence electrons. The third-order valence-electron chi connectivity index (χ3n) is 3.78. The third kappa shape index (κ3) is 5.68. The minimum Gasteiger partial charge on any atom is -0.493 e. The zero-order chi connectivity index (χ0) is 19.8. The van der Waals surface area contributed by atoms with Gasteiger partial charge in [-0.05, 0) is 18.6 Å². The van der Waals surface area contributed by atoms with E-state index < -0.39 is 11.2 Å². The topological polar surface area (TPSA) is 118 Å². The minimum atomic E-state index is -1.03. The highest BCUT2D eigenvalue weighted by Gasteiger charge is 2.32. The van der Waals surface area contributed by atoms with E-state index in [-0.39, 0.29) is 17.5 Å². The van der Waals surface area contributed by atoms with Gasteiger partial charge in [0.25, 0.3) is 0 Å². The molecule has 10 heteroatoms. The molecule has 1 amide bonds. The first-order valence-corrected chi connectivity index (χ1v) is 9.47. The van der Waals surface area contributed by atoms with Crippen molar-refractivity contribution in [3.63, 3.8) is 0 Å². The van der Waals surface area contributed by atoms with E-state index in [1.54, 1.807) is 12.5 Å². The lowest BCUT2D eigenvalue weighted by Gasteiger charge is -2.08. The van der Waals surface area contributed by atoms with E-state index in [0.717, 1.165) is 30.3 Å². The Balaban J connectivity index is 1.54. The SMILES string of the molecule is O=C(O)CC1SC(=NN=Cc2ccccc2OCCCn2ccnc2)NC1=O. The second-order valence-corrected chi connectivity index (χ2v) is 7.08. The normalized spacial score (nSPS) is 17.9. The van der Waals surface area contributed by atoms with Crippen LogP contribution in [0.5, 0.6) is 5.75 Å². The van der Waals surface area contributed by atoms with Gasteiger partial charge in [0, 0.05) is 24.5 Å². The molecule has 9 nitrogen and oxygen atoms in total. The van der Waals surface area contributed by atoms with Crippen LogP contribution in [0.4, 0.5) is 0 Å². The van der Waals surface area contributed by atoms with Crippen molar-refractivity contribution in [2.45, 2.75) is 24.6 Å². The quantitative estimate of drug-likeness (QED) is 0.375. The van der Waals surface area contributed by atoms with E-state index in [0.29, 0.717) is 12.4 Å². The predicted octanol–water partition coefficient (Wildman–Crippen LogP) is 1.75. The molecular weight excluding hydrogens is 382 g/mol. The summed E-state index contributed by atoms with van der Waals surface area (Å²) in [5, 5.41) is 18.9. The summed E-state index contributed by atoms with van der Waals surface area (Å²) in [5.41, 5.74) is 0.755. The number of carbonyl (C=O) groups is 2. The van der Waals surface area contributed by atoms with Crippen LogP contribution in [0.25, 0.3) is 0 Å². The van der Waals surface area contributed by atoms with Gasteiger partial charge in [-0.15, -0.1) is 5.10 Å². The molecule has 0 aliphatic carbocycles. The summed E-state index contributed by atoms with van der Waals surface area (Å²) in [6.07, 6.45) is 7.52. The second-order valence-electron chi connectivity index (χ2n) is 5.88. The molecule has 1 fully saturated rings. The average Bonchev–Trinajstić information content (AvgIpc) is 3.30. The number of hydrogen-bond donors (Lipinski definition) is 2. The summed E-state index contributed by atoms with van der Waals surface area (Å²) < 4.78 is 7.81. The zero-order valence-corrected chi connectivity index (χ0v) is 15.7. The number of carbonyl (C=O) groups excluding carboxylic acids is 1. The molecule has 0 bridgehead atoms. The number of ether oxygens (including phenoxy) is 1. The van der Waals surface area contributed by atoms with Crippen molar-refractivity contribution >= 4 is 35.0 Å². The van der Waals surface area contributed by atoms with E-state index in [2.05, 4.69) is 20.5 Å². The van der Waals surface area contributed by atoms with Crippen LogP contribution in [0.2, 0.25) is 0 Å². The number of aromatic nitrogens is 2. The Morgan fingerprint density at radius 3 is 3.07 bits per heavy atom. The first-order chi connectivity index (χ1) is 13.6. The number of aliphatic carboxylic acids is 1. The van der Waals surface area contributed by atoms with Crippen molar-refractivity contribution in [3.8, 4) is 5.75 Å². The fourth-order valence-corrected chi connectivity index (χ4v) is 3.37. The number of rotatable bonds is 9. The van der Waals surface area contributed by atoms with Crippen LogP contribution in [0.3, 0.4) is 0 Å². The summed E-state index contributed by atoms with van der Waals surface area (Å²) in [4.78, 5) is 26.4. The molecule has 3 rings (SSSR count). The number of nitrogens with zero attached hydrogens (tertiary/aromatic N) is 4. The molecule has 2 heterocycles. The smallest absolute Gasteiger partial charge is 0.305 e. The molecule has 1 unspecified atom stereocenters. The van der Waals surface area contributed by atoms with Crippen molar-refractivity contribution in [1.82, 2.24) is 14.9 Å². The van der Waals surface area contributed by atoms with E-state index in [9.17, 15) is 9.59 Å². The van der Waals surface area contributed by atoms with E-state index in [1.165, 1.54) is 6.21 Å². The summed E-state index contributed by atoms with van der Waals surface area (Å²) in [6, 6.07) is 7.43. The van der Waals surface area contributed by atoms with Gasteiger partial charge in [-0.3, -0.25) is 9.59 Å². The molecule has 0 radical (unpaired) electrons. The van der Waals surface area contributed by atoms with Gasteiger partial charge in [0.1, 0.15) is 11.0 Å². The van der Waals surface area contributed by atoms with Crippen molar-refractivity contribution in [3.05, 3.63) is 48.5 Å². The molecule has 1 atom stereocenters.